The van der Waals surface area contributed by atoms with Crippen molar-refractivity contribution in [2.45, 2.75) is 70.1 Å². The van der Waals surface area contributed by atoms with Crippen molar-refractivity contribution in [3.8, 4) is 0 Å². The summed E-state index contributed by atoms with van der Waals surface area (Å²) in [5.74, 6) is 0.765. The number of likely N-dealkylation sites (N-methyl/N-ethyl adjacent to an activating group) is 1. The summed E-state index contributed by atoms with van der Waals surface area (Å²) in [5, 5.41) is 0. The van der Waals surface area contributed by atoms with Crippen LogP contribution < -0.4 is 0 Å². The summed E-state index contributed by atoms with van der Waals surface area (Å²) < 4.78 is 12.0. The van der Waals surface area contributed by atoms with Gasteiger partial charge in [-0.1, -0.05) is 0 Å². The van der Waals surface area contributed by atoms with Crippen molar-refractivity contribution in [1.82, 2.24) is 9.80 Å². The molecule has 23 heavy (non-hydrogen) atoms. The number of hydrogen-bond acceptors (Lipinski definition) is 4. The second kappa shape index (κ2) is 7.81. The van der Waals surface area contributed by atoms with Crippen LogP contribution in [0, 0.1) is 5.92 Å². The van der Waals surface area contributed by atoms with Gasteiger partial charge in [0, 0.05) is 24.7 Å². The van der Waals surface area contributed by atoms with Crippen LogP contribution in [-0.2, 0) is 9.47 Å². The van der Waals surface area contributed by atoms with Crippen LogP contribution in [0.4, 0.5) is 0 Å². The zero-order valence-corrected chi connectivity index (χ0v) is 15.4. The Labute approximate surface area is 142 Å². The van der Waals surface area contributed by atoms with Gasteiger partial charge in [0.1, 0.15) is 0 Å². The standard InChI is InChI=1S/C19H36N2O2/c1-4-22-14-18-12-17(13-20(18)3)11-16(2)23-15-19-7-5-9-21(19)10-6-8-19/h16-18H,4-15H2,1-3H3. The van der Waals surface area contributed by atoms with Gasteiger partial charge in [-0.3, -0.25) is 4.90 Å². The third-order valence-electron chi connectivity index (χ3n) is 6.40. The fraction of sp³-hybridized carbons (Fsp3) is 1.00. The molecule has 3 aliphatic heterocycles. The largest absolute Gasteiger partial charge is 0.380 e. The summed E-state index contributed by atoms with van der Waals surface area (Å²) in [6.07, 6.45) is 8.28. The van der Waals surface area contributed by atoms with Gasteiger partial charge in [-0.25, -0.2) is 0 Å². The first-order valence-electron chi connectivity index (χ1n) is 9.77. The molecular weight excluding hydrogens is 288 g/mol. The van der Waals surface area contributed by atoms with Crippen LogP contribution in [-0.4, -0.2) is 74.0 Å². The van der Waals surface area contributed by atoms with E-state index >= 15 is 0 Å². The van der Waals surface area contributed by atoms with Gasteiger partial charge in [0.15, 0.2) is 0 Å². The molecule has 3 rings (SSSR count). The maximum Gasteiger partial charge on any atom is 0.0654 e. The highest BCUT2D eigenvalue weighted by molar-refractivity contribution is 5.00. The smallest absolute Gasteiger partial charge is 0.0654 e. The molecule has 0 saturated carbocycles. The van der Waals surface area contributed by atoms with Gasteiger partial charge >= 0.3 is 0 Å². The maximum absolute atomic E-state index is 6.35. The predicted octanol–water partition coefficient (Wildman–Crippen LogP) is 2.77. The van der Waals surface area contributed by atoms with Crippen molar-refractivity contribution in [3.05, 3.63) is 0 Å². The van der Waals surface area contributed by atoms with Gasteiger partial charge in [0.25, 0.3) is 0 Å². The molecular formula is C19H36N2O2. The van der Waals surface area contributed by atoms with Crippen LogP contribution >= 0.6 is 0 Å². The average Bonchev–Trinajstić information content (AvgIpc) is 3.17. The summed E-state index contributed by atoms with van der Waals surface area (Å²) >= 11 is 0. The van der Waals surface area contributed by atoms with E-state index in [9.17, 15) is 0 Å². The molecule has 0 aromatic carbocycles. The lowest BCUT2D eigenvalue weighted by Gasteiger charge is -2.33. The van der Waals surface area contributed by atoms with Crippen molar-refractivity contribution in [1.29, 1.82) is 0 Å². The first-order chi connectivity index (χ1) is 11.1. The van der Waals surface area contributed by atoms with Crippen molar-refractivity contribution in [2.24, 2.45) is 5.92 Å². The summed E-state index contributed by atoms with van der Waals surface area (Å²) in [4.78, 5) is 5.17. The molecule has 0 aromatic rings. The lowest BCUT2D eigenvalue weighted by Crippen LogP contribution is -2.43. The molecule has 0 bridgehead atoms. The molecule has 3 aliphatic rings. The van der Waals surface area contributed by atoms with Crippen LogP contribution in [0.15, 0.2) is 0 Å². The minimum Gasteiger partial charge on any atom is -0.380 e. The number of rotatable bonds is 8. The number of nitrogens with zero attached hydrogens (tertiary/aromatic N) is 2. The first kappa shape index (κ1) is 17.7. The number of likely N-dealkylation sites (tertiary alicyclic amines) is 1. The highest BCUT2D eigenvalue weighted by Gasteiger charge is 2.44. The molecule has 4 nitrogen and oxygen atoms in total. The van der Waals surface area contributed by atoms with Crippen LogP contribution in [0.3, 0.4) is 0 Å². The number of fused-ring (bicyclic) bond motifs is 1. The van der Waals surface area contributed by atoms with Crippen LogP contribution in [0.1, 0.15) is 52.4 Å². The third kappa shape index (κ3) is 4.09. The molecule has 3 saturated heterocycles. The van der Waals surface area contributed by atoms with E-state index < -0.39 is 0 Å². The van der Waals surface area contributed by atoms with Crippen LogP contribution in [0.2, 0.25) is 0 Å². The summed E-state index contributed by atoms with van der Waals surface area (Å²) in [5.41, 5.74) is 0.401. The van der Waals surface area contributed by atoms with E-state index in [0.717, 1.165) is 25.7 Å². The Bertz CT molecular complexity index is 366. The van der Waals surface area contributed by atoms with E-state index in [4.69, 9.17) is 9.47 Å². The highest BCUT2D eigenvalue weighted by atomic mass is 16.5. The van der Waals surface area contributed by atoms with Crippen molar-refractivity contribution < 1.29 is 9.47 Å². The van der Waals surface area contributed by atoms with Crippen LogP contribution in [0.5, 0.6) is 0 Å². The lowest BCUT2D eigenvalue weighted by molar-refractivity contribution is -0.0134. The summed E-state index contributed by atoms with van der Waals surface area (Å²) in [7, 11) is 2.24. The quantitative estimate of drug-likeness (QED) is 0.685. The fourth-order valence-electron chi connectivity index (χ4n) is 5.11. The topological polar surface area (TPSA) is 24.9 Å². The third-order valence-corrected chi connectivity index (χ3v) is 6.40. The van der Waals surface area contributed by atoms with E-state index in [1.807, 2.05) is 0 Å². The van der Waals surface area contributed by atoms with Crippen molar-refractivity contribution in [3.63, 3.8) is 0 Å². The zero-order valence-electron chi connectivity index (χ0n) is 15.4. The van der Waals surface area contributed by atoms with Gasteiger partial charge in [-0.15, -0.1) is 0 Å². The molecule has 0 aliphatic carbocycles. The molecule has 134 valence electrons. The second-order valence-corrected chi connectivity index (χ2v) is 8.13. The predicted molar refractivity (Wildman–Crippen MR) is 93.8 cm³/mol. The Morgan fingerprint density at radius 2 is 1.96 bits per heavy atom. The molecule has 0 spiro atoms. The van der Waals surface area contributed by atoms with Crippen LogP contribution in [0.25, 0.3) is 0 Å². The van der Waals surface area contributed by atoms with E-state index in [0.29, 0.717) is 17.7 Å². The lowest BCUT2D eigenvalue weighted by atomic mass is 9.95. The van der Waals surface area contributed by atoms with E-state index in [1.165, 1.54) is 58.2 Å². The Morgan fingerprint density at radius 3 is 2.65 bits per heavy atom. The highest BCUT2D eigenvalue weighted by Crippen LogP contribution is 2.39. The summed E-state index contributed by atoms with van der Waals surface area (Å²) in [6.45, 7) is 10.8. The molecule has 3 unspecified atom stereocenters. The van der Waals surface area contributed by atoms with Gasteiger partial charge in [-0.05, 0) is 78.4 Å². The number of hydrogen-bond donors (Lipinski definition) is 0. The minimum atomic E-state index is 0.386. The van der Waals surface area contributed by atoms with E-state index in [2.05, 4.69) is 30.7 Å². The Morgan fingerprint density at radius 1 is 1.22 bits per heavy atom. The minimum absolute atomic E-state index is 0.386. The SMILES string of the molecule is CCOCC1CC(CC(C)OCC23CCCN2CCC3)CN1C. The molecule has 0 radical (unpaired) electrons. The number of ether oxygens (including phenoxy) is 2. The van der Waals surface area contributed by atoms with Gasteiger partial charge < -0.3 is 14.4 Å². The Balaban J connectivity index is 1.40. The molecule has 0 N–H and O–H groups in total. The normalized spacial score (nSPS) is 32.5. The monoisotopic (exact) mass is 324 g/mol. The van der Waals surface area contributed by atoms with Gasteiger partial charge in [0.2, 0.25) is 0 Å². The van der Waals surface area contributed by atoms with Gasteiger partial charge in [0.05, 0.1) is 19.3 Å². The molecule has 4 heteroatoms. The molecule has 0 amide bonds. The molecule has 0 aromatic heterocycles. The average molecular weight is 325 g/mol. The molecule has 3 atom stereocenters. The van der Waals surface area contributed by atoms with E-state index in [1.54, 1.807) is 0 Å². The van der Waals surface area contributed by atoms with E-state index in [-0.39, 0.29) is 0 Å². The molecule has 3 heterocycles. The van der Waals surface area contributed by atoms with Crippen molar-refractivity contribution >= 4 is 0 Å². The maximum atomic E-state index is 6.35. The second-order valence-electron chi connectivity index (χ2n) is 8.13. The Kier molecular flexibility index (Phi) is 6.00. The Hall–Kier alpha value is -0.160. The molecule has 3 fully saturated rings. The fourth-order valence-corrected chi connectivity index (χ4v) is 5.11. The van der Waals surface area contributed by atoms with Gasteiger partial charge in [-0.2, -0.15) is 0 Å². The summed E-state index contributed by atoms with van der Waals surface area (Å²) in [6, 6.07) is 0.603. The zero-order chi connectivity index (χ0) is 16.3. The first-order valence-corrected chi connectivity index (χ1v) is 9.77. The van der Waals surface area contributed by atoms with Crippen molar-refractivity contribution in [2.75, 3.05) is 46.5 Å².